The summed E-state index contributed by atoms with van der Waals surface area (Å²) in [6, 6.07) is 10.3. The fraction of sp³-hybridized carbons (Fsp3) is 0.652. The molecule has 0 aromatic heterocycles. The van der Waals surface area contributed by atoms with Crippen LogP contribution >= 0.6 is 0 Å². The summed E-state index contributed by atoms with van der Waals surface area (Å²) in [6.45, 7) is 5.41. The molecule has 28 heavy (non-hydrogen) atoms. The Balaban J connectivity index is 1.31. The number of piperazine rings is 1. The largest absolute Gasteiger partial charge is 0.342 e. The van der Waals surface area contributed by atoms with Gasteiger partial charge in [0.1, 0.15) is 0 Å². The molecule has 1 aromatic carbocycles. The molecule has 2 heterocycles. The number of hydrogen-bond donors (Lipinski definition) is 0. The zero-order valence-electron chi connectivity index (χ0n) is 16.9. The number of likely N-dealkylation sites (tertiary alicyclic amines) is 1. The van der Waals surface area contributed by atoms with E-state index in [0.29, 0.717) is 12.5 Å². The molecule has 0 unspecified atom stereocenters. The number of rotatable bonds is 4. The molecule has 4 rings (SSSR count). The van der Waals surface area contributed by atoms with E-state index in [1.165, 1.54) is 18.4 Å². The average molecular weight is 384 g/mol. The molecule has 2 aliphatic heterocycles. The lowest BCUT2D eigenvalue weighted by molar-refractivity contribution is -0.143. The maximum absolute atomic E-state index is 13.3. The van der Waals surface area contributed by atoms with Gasteiger partial charge in [0.15, 0.2) is 0 Å². The number of amides is 2. The third kappa shape index (κ3) is 3.95. The first-order valence-corrected chi connectivity index (χ1v) is 11.0. The zero-order chi connectivity index (χ0) is 19.4. The summed E-state index contributed by atoms with van der Waals surface area (Å²) < 4.78 is 0. The van der Waals surface area contributed by atoms with Gasteiger partial charge in [-0.2, -0.15) is 0 Å². The van der Waals surface area contributed by atoms with Gasteiger partial charge in [0.2, 0.25) is 11.8 Å². The molecule has 5 heteroatoms. The van der Waals surface area contributed by atoms with Crippen LogP contribution in [0.5, 0.6) is 0 Å². The second kappa shape index (κ2) is 8.64. The van der Waals surface area contributed by atoms with Crippen molar-refractivity contribution in [1.29, 1.82) is 0 Å². The molecule has 3 fully saturated rings. The highest BCUT2D eigenvalue weighted by molar-refractivity contribution is 5.89. The van der Waals surface area contributed by atoms with Crippen molar-refractivity contribution in [2.24, 2.45) is 0 Å². The van der Waals surface area contributed by atoms with Crippen LogP contribution in [0.2, 0.25) is 0 Å². The Bertz CT molecular complexity index is 670. The van der Waals surface area contributed by atoms with Crippen molar-refractivity contribution in [3.63, 3.8) is 0 Å². The van der Waals surface area contributed by atoms with Gasteiger partial charge in [0, 0.05) is 39.3 Å². The Morgan fingerprint density at radius 1 is 0.750 bits per heavy atom. The van der Waals surface area contributed by atoms with E-state index in [1.807, 2.05) is 28.0 Å². The quantitative estimate of drug-likeness (QED) is 0.803. The van der Waals surface area contributed by atoms with Gasteiger partial charge in [-0.15, -0.1) is 0 Å². The van der Waals surface area contributed by atoms with E-state index in [-0.39, 0.29) is 11.3 Å². The average Bonchev–Trinajstić information content (AvgIpc) is 2.98. The Kier molecular flexibility index (Phi) is 6.00. The molecule has 2 saturated heterocycles. The second-order valence-corrected chi connectivity index (χ2v) is 8.67. The minimum atomic E-state index is -0.300. The highest BCUT2D eigenvalue weighted by Crippen LogP contribution is 2.45. The third-order valence-corrected chi connectivity index (χ3v) is 6.92. The van der Waals surface area contributed by atoms with Gasteiger partial charge >= 0.3 is 0 Å². The normalized spacial score (nSPS) is 23.0. The predicted molar refractivity (Wildman–Crippen MR) is 110 cm³/mol. The smallest absolute Gasteiger partial charge is 0.236 e. The van der Waals surface area contributed by atoms with Crippen LogP contribution in [0.25, 0.3) is 0 Å². The minimum Gasteiger partial charge on any atom is -0.342 e. The summed E-state index contributed by atoms with van der Waals surface area (Å²) in [7, 11) is 0. The number of carbonyl (C=O) groups is 2. The van der Waals surface area contributed by atoms with E-state index >= 15 is 0 Å². The summed E-state index contributed by atoms with van der Waals surface area (Å²) in [4.78, 5) is 32.3. The topological polar surface area (TPSA) is 43.9 Å². The van der Waals surface area contributed by atoms with Crippen LogP contribution in [0.1, 0.15) is 50.5 Å². The molecular weight excluding hydrogens is 350 g/mol. The van der Waals surface area contributed by atoms with Gasteiger partial charge in [-0.25, -0.2) is 0 Å². The first-order chi connectivity index (χ1) is 13.7. The Hall–Kier alpha value is -1.88. The van der Waals surface area contributed by atoms with Gasteiger partial charge in [-0.05, 0) is 31.2 Å². The molecule has 0 atom stereocenters. The number of carbonyl (C=O) groups excluding carboxylic acids is 2. The van der Waals surface area contributed by atoms with Gasteiger partial charge in [0.25, 0.3) is 0 Å². The van der Waals surface area contributed by atoms with Gasteiger partial charge in [-0.3, -0.25) is 14.5 Å². The van der Waals surface area contributed by atoms with Crippen LogP contribution in [-0.2, 0) is 15.0 Å². The summed E-state index contributed by atoms with van der Waals surface area (Å²) in [6.07, 6.45) is 7.81. The van der Waals surface area contributed by atoms with Crippen molar-refractivity contribution in [3.05, 3.63) is 35.9 Å². The van der Waals surface area contributed by atoms with Crippen LogP contribution in [-0.4, -0.2) is 72.3 Å². The summed E-state index contributed by atoms with van der Waals surface area (Å²) in [5.41, 5.74) is 0.871. The lowest BCUT2D eigenvalue weighted by Crippen LogP contribution is -2.57. The fourth-order valence-corrected chi connectivity index (χ4v) is 4.94. The summed E-state index contributed by atoms with van der Waals surface area (Å²) in [5, 5.41) is 0. The highest BCUT2D eigenvalue weighted by Gasteiger charge is 2.47. The van der Waals surface area contributed by atoms with Gasteiger partial charge in [-0.1, -0.05) is 49.6 Å². The van der Waals surface area contributed by atoms with E-state index in [0.717, 1.165) is 71.4 Å². The van der Waals surface area contributed by atoms with Crippen molar-refractivity contribution in [2.75, 3.05) is 45.8 Å². The monoisotopic (exact) mass is 383 g/mol. The molecule has 0 radical (unpaired) electrons. The first kappa shape index (κ1) is 19.4. The van der Waals surface area contributed by atoms with E-state index in [9.17, 15) is 9.59 Å². The van der Waals surface area contributed by atoms with E-state index in [4.69, 9.17) is 0 Å². The highest BCUT2D eigenvalue weighted by atomic mass is 16.2. The molecule has 1 aliphatic carbocycles. The molecule has 3 aliphatic rings. The molecule has 2 amide bonds. The summed E-state index contributed by atoms with van der Waals surface area (Å²) in [5.74, 6) is 0.560. The van der Waals surface area contributed by atoms with Crippen molar-refractivity contribution in [1.82, 2.24) is 14.7 Å². The van der Waals surface area contributed by atoms with E-state index in [1.54, 1.807) is 0 Å². The molecule has 1 aromatic rings. The van der Waals surface area contributed by atoms with E-state index < -0.39 is 0 Å². The van der Waals surface area contributed by atoms with Crippen LogP contribution in [0.15, 0.2) is 30.3 Å². The van der Waals surface area contributed by atoms with Gasteiger partial charge in [0.05, 0.1) is 12.0 Å². The van der Waals surface area contributed by atoms with Crippen LogP contribution in [0.4, 0.5) is 0 Å². The third-order valence-electron chi connectivity index (χ3n) is 6.92. The number of benzene rings is 1. The lowest BCUT2D eigenvalue weighted by Gasteiger charge is -2.46. The van der Waals surface area contributed by atoms with Crippen molar-refractivity contribution in [2.45, 2.75) is 50.4 Å². The Morgan fingerprint density at radius 2 is 1.39 bits per heavy atom. The molecule has 1 saturated carbocycles. The molecule has 0 N–H and O–H groups in total. The Labute approximate surface area is 168 Å². The minimum absolute atomic E-state index is 0.265. The molecule has 0 bridgehead atoms. The molecule has 0 spiro atoms. The van der Waals surface area contributed by atoms with E-state index in [2.05, 4.69) is 17.0 Å². The van der Waals surface area contributed by atoms with Crippen molar-refractivity contribution < 1.29 is 9.59 Å². The maximum Gasteiger partial charge on any atom is 0.236 e. The lowest BCUT2D eigenvalue weighted by atomic mass is 9.63. The second-order valence-electron chi connectivity index (χ2n) is 8.67. The summed E-state index contributed by atoms with van der Waals surface area (Å²) >= 11 is 0. The molecular formula is C23H33N3O2. The zero-order valence-corrected chi connectivity index (χ0v) is 16.9. The number of nitrogens with zero attached hydrogens (tertiary/aromatic N) is 3. The van der Waals surface area contributed by atoms with Crippen LogP contribution in [0.3, 0.4) is 0 Å². The number of hydrogen-bond acceptors (Lipinski definition) is 3. The fourth-order valence-electron chi connectivity index (χ4n) is 4.94. The van der Waals surface area contributed by atoms with Crippen LogP contribution in [0, 0.1) is 0 Å². The standard InChI is InChI=1S/C23H33N3O2/c27-21(25-13-6-1-2-7-14-25)19-24-15-17-26(18-16-24)22(28)23(11-8-12-23)20-9-4-3-5-10-20/h3-5,9-10H,1-2,6-8,11-19H2. The van der Waals surface area contributed by atoms with Gasteiger partial charge < -0.3 is 9.80 Å². The van der Waals surface area contributed by atoms with Crippen LogP contribution < -0.4 is 0 Å². The first-order valence-electron chi connectivity index (χ1n) is 11.0. The Morgan fingerprint density at radius 3 is 1.96 bits per heavy atom. The van der Waals surface area contributed by atoms with Crippen molar-refractivity contribution >= 4 is 11.8 Å². The SMILES string of the molecule is O=C(CN1CCN(C(=O)C2(c3ccccc3)CCC2)CC1)N1CCCCCC1. The van der Waals surface area contributed by atoms with Crippen molar-refractivity contribution in [3.8, 4) is 0 Å². The molecule has 5 nitrogen and oxygen atoms in total. The predicted octanol–water partition coefficient (Wildman–Crippen LogP) is 2.66. The molecule has 152 valence electrons. The maximum atomic E-state index is 13.3.